The monoisotopic (exact) mass is 268 g/mol. The summed E-state index contributed by atoms with van der Waals surface area (Å²) in [6.45, 7) is 6.29. The maximum atomic E-state index is 3.97. The highest BCUT2D eigenvalue weighted by Gasteiger charge is 2.32. The highest BCUT2D eigenvalue weighted by molar-refractivity contribution is 7.99. The summed E-state index contributed by atoms with van der Waals surface area (Å²) in [6, 6.07) is 1.63. The van der Waals surface area contributed by atoms with Gasteiger partial charge in [-0.05, 0) is 31.6 Å². The zero-order chi connectivity index (χ0) is 12.4. The third-order valence-electron chi connectivity index (χ3n) is 5.05. The fraction of sp³-hybridized carbons (Fsp3) is 1.00. The van der Waals surface area contributed by atoms with Crippen molar-refractivity contribution in [3.63, 3.8) is 0 Å². The molecule has 4 unspecified atom stereocenters. The fourth-order valence-corrected chi connectivity index (χ4v) is 5.17. The molecular formula is C15H28N2S. The molecule has 0 spiro atoms. The van der Waals surface area contributed by atoms with E-state index in [1.807, 2.05) is 0 Å². The molecule has 0 radical (unpaired) electrons. The predicted molar refractivity (Wildman–Crippen MR) is 80.3 cm³/mol. The van der Waals surface area contributed by atoms with Gasteiger partial charge in [-0.1, -0.05) is 19.8 Å². The summed E-state index contributed by atoms with van der Waals surface area (Å²) in [5.41, 5.74) is 0. The van der Waals surface area contributed by atoms with Crippen LogP contribution in [-0.4, -0.2) is 47.6 Å². The summed E-state index contributed by atoms with van der Waals surface area (Å²) in [7, 11) is 0. The summed E-state index contributed by atoms with van der Waals surface area (Å²) in [5.74, 6) is 2.34. The van der Waals surface area contributed by atoms with Gasteiger partial charge in [0.25, 0.3) is 0 Å². The van der Waals surface area contributed by atoms with E-state index in [1.54, 1.807) is 0 Å². The second-order valence-corrected chi connectivity index (χ2v) is 8.08. The summed E-state index contributed by atoms with van der Waals surface area (Å²) in [6.07, 6.45) is 8.77. The van der Waals surface area contributed by atoms with Crippen LogP contribution in [0.2, 0.25) is 0 Å². The van der Waals surface area contributed by atoms with Crippen molar-refractivity contribution in [3.8, 4) is 0 Å². The minimum atomic E-state index is 0.777. The number of piperidine rings is 1. The van der Waals surface area contributed by atoms with Crippen molar-refractivity contribution in [2.45, 2.75) is 62.8 Å². The van der Waals surface area contributed by atoms with Crippen LogP contribution in [0.1, 0.15) is 45.4 Å². The molecule has 3 fully saturated rings. The maximum absolute atomic E-state index is 3.97. The molecule has 2 heterocycles. The van der Waals surface area contributed by atoms with Crippen LogP contribution in [0.5, 0.6) is 0 Å². The Morgan fingerprint density at radius 3 is 2.94 bits per heavy atom. The van der Waals surface area contributed by atoms with Crippen molar-refractivity contribution < 1.29 is 0 Å². The Morgan fingerprint density at radius 2 is 2.06 bits per heavy atom. The zero-order valence-electron chi connectivity index (χ0n) is 11.7. The smallest absolute Gasteiger partial charge is 0.0197 e. The van der Waals surface area contributed by atoms with E-state index >= 15 is 0 Å². The van der Waals surface area contributed by atoms with E-state index < -0.39 is 0 Å². The molecule has 0 aromatic rings. The lowest BCUT2D eigenvalue weighted by Gasteiger charge is -2.42. The van der Waals surface area contributed by atoms with E-state index in [4.69, 9.17) is 0 Å². The van der Waals surface area contributed by atoms with Crippen LogP contribution in [0.3, 0.4) is 0 Å². The second kappa shape index (κ2) is 6.15. The van der Waals surface area contributed by atoms with Gasteiger partial charge in [-0.2, -0.15) is 11.8 Å². The summed E-state index contributed by atoms with van der Waals surface area (Å²) >= 11 is 2.14. The molecule has 2 nitrogen and oxygen atoms in total. The minimum absolute atomic E-state index is 0.777. The standard InChI is InChI=1S/C15H28N2S/c1-12-10-17(8-9-18-12)11-14-7-6-13-4-2-3-5-15(13)16-14/h12-16H,2-11H2,1H3. The SMILES string of the molecule is CC1CN(CC2CCC3CCCCC3N2)CCS1. The van der Waals surface area contributed by atoms with Gasteiger partial charge in [-0.3, -0.25) is 4.90 Å². The van der Waals surface area contributed by atoms with Crippen LogP contribution in [0, 0.1) is 5.92 Å². The van der Waals surface area contributed by atoms with Crippen molar-refractivity contribution in [1.82, 2.24) is 10.2 Å². The van der Waals surface area contributed by atoms with Crippen LogP contribution in [0.25, 0.3) is 0 Å². The fourth-order valence-electron chi connectivity index (χ4n) is 4.09. The van der Waals surface area contributed by atoms with E-state index in [0.717, 1.165) is 23.3 Å². The van der Waals surface area contributed by atoms with E-state index in [2.05, 4.69) is 28.9 Å². The molecule has 4 atom stereocenters. The Hall–Kier alpha value is 0.270. The predicted octanol–water partition coefficient (Wildman–Crippen LogP) is 2.73. The quantitative estimate of drug-likeness (QED) is 0.829. The molecule has 18 heavy (non-hydrogen) atoms. The zero-order valence-corrected chi connectivity index (χ0v) is 12.6. The van der Waals surface area contributed by atoms with E-state index in [-0.39, 0.29) is 0 Å². The minimum Gasteiger partial charge on any atom is -0.310 e. The van der Waals surface area contributed by atoms with Crippen molar-refractivity contribution in [2.24, 2.45) is 5.92 Å². The Labute approximate surface area is 116 Å². The number of fused-ring (bicyclic) bond motifs is 1. The number of thioether (sulfide) groups is 1. The molecule has 0 amide bonds. The van der Waals surface area contributed by atoms with Crippen molar-refractivity contribution in [1.29, 1.82) is 0 Å². The molecule has 0 aromatic heterocycles. The molecule has 1 aliphatic carbocycles. The van der Waals surface area contributed by atoms with Gasteiger partial charge in [0, 0.05) is 42.7 Å². The summed E-state index contributed by atoms with van der Waals surface area (Å²) in [4.78, 5) is 2.70. The summed E-state index contributed by atoms with van der Waals surface area (Å²) < 4.78 is 0. The average molecular weight is 268 g/mol. The molecule has 0 aromatic carbocycles. The van der Waals surface area contributed by atoms with Gasteiger partial charge in [0.2, 0.25) is 0 Å². The largest absolute Gasteiger partial charge is 0.310 e. The summed E-state index contributed by atoms with van der Waals surface area (Å²) in [5, 5.41) is 4.81. The van der Waals surface area contributed by atoms with Crippen molar-refractivity contribution in [3.05, 3.63) is 0 Å². The Kier molecular flexibility index (Phi) is 4.53. The van der Waals surface area contributed by atoms with Crippen molar-refractivity contribution in [2.75, 3.05) is 25.4 Å². The first kappa shape index (κ1) is 13.3. The van der Waals surface area contributed by atoms with Gasteiger partial charge in [0.1, 0.15) is 0 Å². The van der Waals surface area contributed by atoms with E-state index in [1.165, 1.54) is 63.9 Å². The van der Waals surface area contributed by atoms with Gasteiger partial charge in [-0.15, -0.1) is 0 Å². The number of nitrogens with one attached hydrogen (secondary N) is 1. The van der Waals surface area contributed by atoms with Gasteiger partial charge in [0.15, 0.2) is 0 Å². The van der Waals surface area contributed by atoms with Crippen LogP contribution < -0.4 is 5.32 Å². The van der Waals surface area contributed by atoms with Gasteiger partial charge < -0.3 is 5.32 Å². The van der Waals surface area contributed by atoms with Gasteiger partial charge in [-0.25, -0.2) is 0 Å². The Balaban J connectivity index is 1.48. The molecule has 104 valence electrons. The molecule has 3 rings (SSSR count). The average Bonchev–Trinajstić information content (AvgIpc) is 2.39. The Morgan fingerprint density at radius 1 is 1.17 bits per heavy atom. The third-order valence-corrected chi connectivity index (χ3v) is 6.18. The third kappa shape index (κ3) is 3.23. The van der Waals surface area contributed by atoms with Crippen LogP contribution in [0.15, 0.2) is 0 Å². The maximum Gasteiger partial charge on any atom is 0.0197 e. The molecule has 0 bridgehead atoms. The molecule has 1 saturated carbocycles. The lowest BCUT2D eigenvalue weighted by Crippen LogP contribution is -2.54. The first-order chi connectivity index (χ1) is 8.81. The number of rotatable bonds is 2. The second-order valence-electron chi connectivity index (χ2n) is 6.53. The molecule has 2 saturated heterocycles. The molecule has 1 N–H and O–H groups in total. The van der Waals surface area contributed by atoms with Gasteiger partial charge in [0.05, 0.1) is 0 Å². The van der Waals surface area contributed by atoms with E-state index in [0.29, 0.717) is 0 Å². The number of nitrogens with zero attached hydrogens (tertiary/aromatic N) is 1. The lowest BCUT2D eigenvalue weighted by atomic mass is 9.78. The topological polar surface area (TPSA) is 15.3 Å². The first-order valence-corrected chi connectivity index (χ1v) is 8.96. The number of hydrogen-bond acceptors (Lipinski definition) is 3. The van der Waals surface area contributed by atoms with Crippen LogP contribution >= 0.6 is 11.8 Å². The Bertz CT molecular complexity index is 271. The van der Waals surface area contributed by atoms with Gasteiger partial charge >= 0.3 is 0 Å². The molecule has 3 aliphatic rings. The lowest BCUT2D eigenvalue weighted by molar-refractivity contribution is 0.145. The number of hydrogen-bond donors (Lipinski definition) is 1. The van der Waals surface area contributed by atoms with Crippen LogP contribution in [-0.2, 0) is 0 Å². The highest BCUT2D eigenvalue weighted by Crippen LogP contribution is 2.32. The van der Waals surface area contributed by atoms with Crippen molar-refractivity contribution >= 4 is 11.8 Å². The van der Waals surface area contributed by atoms with E-state index in [9.17, 15) is 0 Å². The molecular weight excluding hydrogens is 240 g/mol. The normalized spacial score (nSPS) is 42.5. The molecule has 2 aliphatic heterocycles. The van der Waals surface area contributed by atoms with Crippen LogP contribution in [0.4, 0.5) is 0 Å². The highest BCUT2D eigenvalue weighted by atomic mass is 32.2. The first-order valence-electron chi connectivity index (χ1n) is 7.91. The molecule has 3 heteroatoms.